The van der Waals surface area contributed by atoms with Crippen molar-refractivity contribution >= 4 is 0 Å². The van der Waals surface area contributed by atoms with Gasteiger partial charge in [-0.1, -0.05) is 0 Å². The fraction of sp³-hybridized carbons (Fsp3) is 1.00. The maximum Gasteiger partial charge on any atom is 0.434 e. The summed E-state index contributed by atoms with van der Waals surface area (Å²) in [6, 6.07) is -3.08. The first-order valence-corrected chi connectivity index (χ1v) is 1.49. The van der Waals surface area contributed by atoms with Crippen LogP contribution >= 0.6 is 0 Å². The third kappa shape index (κ3) is 0.685. The molecule has 0 bridgehead atoms. The van der Waals surface area contributed by atoms with Gasteiger partial charge in [-0.05, 0) is 0 Å². The van der Waals surface area contributed by atoms with E-state index in [-0.39, 0.29) is 0 Å². The Morgan fingerprint density at radius 2 is 1.71 bits per heavy atom. The van der Waals surface area contributed by atoms with Gasteiger partial charge in [0, 0.05) is 0 Å². The van der Waals surface area contributed by atoms with Crippen LogP contribution in [0, 0.1) is 0 Å². The van der Waals surface area contributed by atoms with Gasteiger partial charge >= 0.3 is 12.5 Å². The van der Waals surface area contributed by atoms with Crippen LogP contribution in [0.4, 0.5) is 13.2 Å². The Balaban J connectivity index is 2.39. The van der Waals surface area contributed by atoms with Crippen LogP contribution in [0.3, 0.4) is 0 Å². The topological polar surface area (TPSA) is 25.1 Å². The minimum atomic E-state index is -3.20. The van der Waals surface area contributed by atoms with Crippen LogP contribution in [0.2, 0.25) is 0 Å². The van der Waals surface area contributed by atoms with Gasteiger partial charge in [0.1, 0.15) is 0 Å². The summed E-state index contributed by atoms with van der Waals surface area (Å²) in [5.74, 6) is 0. The molecule has 1 fully saturated rings. The van der Waals surface area contributed by atoms with Gasteiger partial charge in [-0.25, -0.2) is 8.78 Å². The Morgan fingerprint density at radius 1 is 1.29 bits per heavy atom. The number of alkyl halides is 3. The predicted octanol–water partition coefficient (Wildman–Crippen LogP) is 0.837. The Bertz CT molecular complexity index is 79.0. The summed E-state index contributed by atoms with van der Waals surface area (Å²) in [6.45, 7) is 0. The second-order valence-corrected chi connectivity index (χ2v) is 1.05. The number of hydrogen-bond donors (Lipinski definition) is 0. The maximum atomic E-state index is 11.4. The molecule has 1 aliphatic heterocycles. The van der Waals surface area contributed by atoms with Crippen LogP contribution in [0.1, 0.15) is 0 Å². The number of rotatable bonds is 1. The van der Waals surface area contributed by atoms with Crippen LogP contribution in [-0.4, -0.2) is 12.5 Å². The lowest BCUT2D eigenvalue weighted by molar-refractivity contribution is -0.0421. The van der Waals surface area contributed by atoms with Gasteiger partial charge in [-0.3, -0.25) is 0 Å². The molecule has 0 atom stereocenters. The fourth-order valence-electron chi connectivity index (χ4n) is 0.113. The van der Waals surface area contributed by atoms with E-state index < -0.39 is 12.5 Å². The van der Waals surface area contributed by atoms with E-state index in [0.29, 0.717) is 0 Å². The molecule has 42 valence electrons. The zero-order valence-electron chi connectivity index (χ0n) is 3.03. The lowest BCUT2D eigenvalue weighted by Crippen LogP contribution is -2.13. The molecule has 0 radical (unpaired) electrons. The monoisotopic (exact) mass is 114 g/mol. The minimum Gasteiger partial charge on any atom is -0.201 e. The second kappa shape index (κ2) is 1.10. The van der Waals surface area contributed by atoms with Crippen molar-refractivity contribution in [2.45, 2.75) is 12.5 Å². The molecule has 5 heteroatoms. The van der Waals surface area contributed by atoms with Crippen molar-refractivity contribution in [3.8, 4) is 0 Å². The van der Waals surface area contributed by atoms with E-state index in [1.807, 2.05) is 0 Å². The van der Waals surface area contributed by atoms with Crippen molar-refractivity contribution in [3.05, 3.63) is 0 Å². The summed E-state index contributed by atoms with van der Waals surface area (Å²) in [5, 5.41) is 0. The second-order valence-electron chi connectivity index (χ2n) is 1.05. The Hall–Kier alpha value is -0.290. The maximum absolute atomic E-state index is 11.4. The summed E-state index contributed by atoms with van der Waals surface area (Å²) in [5.41, 5.74) is 0. The quantitative estimate of drug-likeness (QED) is 0.372. The molecule has 7 heavy (non-hydrogen) atoms. The highest BCUT2D eigenvalue weighted by Gasteiger charge is 2.59. The SMILES string of the molecule is FC(F)C1(F)OO1. The lowest BCUT2D eigenvalue weighted by Gasteiger charge is -1.88. The highest BCUT2D eigenvalue weighted by molar-refractivity contribution is 4.59. The third-order valence-corrected chi connectivity index (χ3v) is 0.503. The van der Waals surface area contributed by atoms with E-state index in [4.69, 9.17) is 0 Å². The van der Waals surface area contributed by atoms with Gasteiger partial charge in [0.2, 0.25) is 0 Å². The van der Waals surface area contributed by atoms with Crippen molar-refractivity contribution in [3.63, 3.8) is 0 Å². The molecule has 0 unspecified atom stereocenters. The van der Waals surface area contributed by atoms with Gasteiger partial charge in [0.25, 0.3) is 0 Å². The molecule has 1 saturated heterocycles. The zero-order valence-corrected chi connectivity index (χ0v) is 3.03. The van der Waals surface area contributed by atoms with E-state index in [9.17, 15) is 13.2 Å². The molecular formula is C2HF3O2. The lowest BCUT2D eigenvalue weighted by atomic mass is 10.7. The molecule has 0 aromatic rings. The van der Waals surface area contributed by atoms with Crippen LogP contribution < -0.4 is 0 Å². The average Bonchev–Trinajstić information content (AvgIpc) is 2.21. The van der Waals surface area contributed by atoms with Gasteiger partial charge in [-0.2, -0.15) is 14.2 Å². The van der Waals surface area contributed by atoms with Gasteiger partial charge in [0.15, 0.2) is 0 Å². The largest absolute Gasteiger partial charge is 0.434 e. The van der Waals surface area contributed by atoms with Crippen molar-refractivity contribution in [2.24, 2.45) is 0 Å². The van der Waals surface area contributed by atoms with Crippen molar-refractivity contribution in [2.75, 3.05) is 0 Å². The summed E-state index contributed by atoms with van der Waals surface area (Å²) in [7, 11) is 0. The van der Waals surface area contributed by atoms with Crippen LogP contribution in [-0.2, 0) is 9.78 Å². The van der Waals surface area contributed by atoms with E-state index >= 15 is 0 Å². The summed E-state index contributed by atoms with van der Waals surface area (Å²) >= 11 is 0. The van der Waals surface area contributed by atoms with Crippen LogP contribution in [0.15, 0.2) is 0 Å². The highest BCUT2D eigenvalue weighted by Crippen LogP contribution is 2.36. The Morgan fingerprint density at radius 3 is 1.71 bits per heavy atom. The molecule has 0 N–H and O–H groups in total. The Labute approximate surface area is 36.8 Å². The average molecular weight is 114 g/mol. The summed E-state index contributed by atoms with van der Waals surface area (Å²) in [6.07, 6.45) is -3.20. The van der Waals surface area contributed by atoms with Crippen LogP contribution in [0.5, 0.6) is 0 Å². The smallest absolute Gasteiger partial charge is 0.201 e. The van der Waals surface area contributed by atoms with Crippen LogP contribution in [0.25, 0.3) is 0 Å². The molecule has 1 heterocycles. The van der Waals surface area contributed by atoms with E-state index in [1.165, 1.54) is 0 Å². The molecule has 0 aliphatic carbocycles. The van der Waals surface area contributed by atoms with Gasteiger partial charge in [-0.15, -0.1) is 0 Å². The molecule has 0 saturated carbocycles. The number of hydrogen-bond acceptors (Lipinski definition) is 2. The number of halogens is 3. The van der Waals surface area contributed by atoms with E-state index in [0.717, 1.165) is 0 Å². The summed E-state index contributed by atoms with van der Waals surface area (Å²) in [4.78, 5) is 6.48. The molecule has 0 aromatic carbocycles. The van der Waals surface area contributed by atoms with Crippen molar-refractivity contribution in [1.82, 2.24) is 0 Å². The molecule has 2 nitrogen and oxygen atoms in total. The molecule has 0 spiro atoms. The fourth-order valence-corrected chi connectivity index (χ4v) is 0.113. The van der Waals surface area contributed by atoms with Gasteiger partial charge in [0.05, 0.1) is 0 Å². The van der Waals surface area contributed by atoms with E-state index in [2.05, 4.69) is 9.78 Å². The molecule has 0 amide bonds. The van der Waals surface area contributed by atoms with Gasteiger partial charge < -0.3 is 0 Å². The standard InChI is InChI=1S/C2HF3O2/c3-1(4)2(5)6-7-2/h1H. The minimum absolute atomic E-state index is 3.08. The van der Waals surface area contributed by atoms with Crippen molar-refractivity contribution < 1.29 is 22.9 Å². The first-order valence-electron chi connectivity index (χ1n) is 1.49. The van der Waals surface area contributed by atoms with E-state index in [1.54, 1.807) is 0 Å². The zero-order chi connectivity index (χ0) is 5.49. The van der Waals surface area contributed by atoms with Crippen molar-refractivity contribution in [1.29, 1.82) is 0 Å². The first kappa shape index (κ1) is 4.86. The Kier molecular flexibility index (Phi) is 0.767. The first-order chi connectivity index (χ1) is 3.15. The molecule has 0 aromatic heterocycles. The highest BCUT2D eigenvalue weighted by atomic mass is 19.3. The molecular weight excluding hydrogens is 113 g/mol. The molecule has 1 aliphatic rings. The molecule has 1 rings (SSSR count). The third-order valence-electron chi connectivity index (χ3n) is 0.503. The normalized spacial score (nSPS) is 25.7. The summed E-state index contributed by atoms with van der Waals surface area (Å²) < 4.78 is 33.4. The predicted molar refractivity (Wildman–Crippen MR) is 12.0 cm³/mol.